The van der Waals surface area contributed by atoms with E-state index in [1.165, 1.54) is 17.6 Å². The summed E-state index contributed by atoms with van der Waals surface area (Å²) in [7, 11) is 0. The van der Waals surface area contributed by atoms with Crippen molar-refractivity contribution in [2.75, 3.05) is 0 Å². The van der Waals surface area contributed by atoms with Crippen molar-refractivity contribution in [2.24, 2.45) is 0 Å². The van der Waals surface area contributed by atoms with E-state index < -0.39 is 6.10 Å². The number of halogens is 2. The van der Waals surface area contributed by atoms with Crippen molar-refractivity contribution >= 4 is 27.5 Å². The van der Waals surface area contributed by atoms with E-state index in [1.807, 2.05) is 20.8 Å². The molecule has 108 valence electrons. The lowest BCUT2D eigenvalue weighted by molar-refractivity contribution is 0.178. The van der Waals surface area contributed by atoms with Gasteiger partial charge < -0.3 is 5.11 Å². The largest absolute Gasteiger partial charge is 0.387 e. The number of hydrogen-bond acceptors (Lipinski definition) is 4. The van der Waals surface area contributed by atoms with Gasteiger partial charge in [0.05, 0.1) is 16.7 Å². The maximum atomic E-state index is 13.8. The molecule has 0 aliphatic rings. The Hall–Kier alpha value is -0.850. The van der Waals surface area contributed by atoms with E-state index in [1.54, 1.807) is 12.1 Å². The Labute approximate surface area is 130 Å². The fraction of sp³-hybridized carbons (Fsp3) is 0.429. The molecule has 1 atom stereocenters. The Bertz CT molecular complexity index is 609. The summed E-state index contributed by atoms with van der Waals surface area (Å²) in [6.45, 7) is 6.04. The van der Waals surface area contributed by atoms with Crippen molar-refractivity contribution in [1.29, 1.82) is 0 Å². The summed E-state index contributed by atoms with van der Waals surface area (Å²) >= 11 is 4.39. The predicted molar refractivity (Wildman–Crippen MR) is 81.4 cm³/mol. The van der Waals surface area contributed by atoms with Crippen LogP contribution in [0.15, 0.2) is 22.7 Å². The first kappa shape index (κ1) is 15.5. The first-order valence-corrected chi connectivity index (χ1v) is 7.80. The van der Waals surface area contributed by atoms with Gasteiger partial charge in [0, 0.05) is 16.3 Å². The highest BCUT2D eigenvalue weighted by molar-refractivity contribution is 9.10. The van der Waals surface area contributed by atoms with E-state index in [0.717, 1.165) is 5.69 Å². The molecule has 0 saturated heterocycles. The molecule has 0 radical (unpaired) electrons. The van der Waals surface area contributed by atoms with Gasteiger partial charge in [-0.3, -0.25) is 0 Å². The molecule has 1 unspecified atom stereocenters. The second kappa shape index (κ2) is 5.87. The first-order valence-electron chi connectivity index (χ1n) is 6.23. The van der Waals surface area contributed by atoms with Crippen molar-refractivity contribution in [3.8, 4) is 0 Å². The van der Waals surface area contributed by atoms with Crippen molar-refractivity contribution in [3.63, 3.8) is 0 Å². The van der Waals surface area contributed by atoms with E-state index in [9.17, 15) is 9.50 Å². The molecule has 1 heterocycles. The van der Waals surface area contributed by atoms with Crippen LogP contribution in [-0.4, -0.2) is 14.7 Å². The third-order valence-electron chi connectivity index (χ3n) is 2.95. The van der Waals surface area contributed by atoms with Gasteiger partial charge in [-0.2, -0.15) is 0 Å². The monoisotopic (exact) mass is 358 g/mol. The summed E-state index contributed by atoms with van der Waals surface area (Å²) < 4.78 is 18.4. The molecule has 1 N–H and O–H groups in total. The molecule has 1 aromatic carbocycles. The van der Waals surface area contributed by atoms with Crippen molar-refractivity contribution in [1.82, 2.24) is 9.59 Å². The molecule has 0 fully saturated rings. The molecule has 2 rings (SSSR count). The van der Waals surface area contributed by atoms with Crippen LogP contribution in [0.25, 0.3) is 0 Å². The molecule has 3 nitrogen and oxygen atoms in total. The molecular formula is C14H16BrFN2OS. The van der Waals surface area contributed by atoms with Gasteiger partial charge in [0.25, 0.3) is 0 Å². The highest BCUT2D eigenvalue weighted by Crippen LogP contribution is 2.32. The summed E-state index contributed by atoms with van der Waals surface area (Å²) in [5.74, 6) is -0.326. The summed E-state index contributed by atoms with van der Waals surface area (Å²) in [4.78, 5) is 0.708. The minimum atomic E-state index is -0.792. The SMILES string of the molecule is CC(C)(C)c1nnsc1C(O)Cc1ccc(Br)cc1F. The van der Waals surface area contributed by atoms with Crippen LogP contribution >= 0.6 is 27.5 Å². The van der Waals surface area contributed by atoms with E-state index in [4.69, 9.17) is 0 Å². The maximum Gasteiger partial charge on any atom is 0.127 e. The van der Waals surface area contributed by atoms with Crippen LogP contribution in [0.5, 0.6) is 0 Å². The summed E-state index contributed by atoms with van der Waals surface area (Å²) in [5, 5.41) is 14.4. The van der Waals surface area contributed by atoms with Crippen molar-refractivity contribution in [3.05, 3.63) is 44.6 Å². The molecular weight excluding hydrogens is 343 g/mol. The molecule has 1 aromatic heterocycles. The fourth-order valence-electron chi connectivity index (χ4n) is 1.92. The Morgan fingerprint density at radius 1 is 1.40 bits per heavy atom. The van der Waals surface area contributed by atoms with Crippen LogP contribution < -0.4 is 0 Å². The van der Waals surface area contributed by atoms with E-state index in [-0.39, 0.29) is 17.7 Å². The molecule has 0 bridgehead atoms. The first-order chi connectivity index (χ1) is 9.29. The minimum Gasteiger partial charge on any atom is -0.387 e. The average Bonchev–Trinajstić information content (AvgIpc) is 2.81. The van der Waals surface area contributed by atoms with Gasteiger partial charge in [-0.1, -0.05) is 47.3 Å². The molecule has 0 aliphatic carbocycles. The number of benzene rings is 1. The summed E-state index contributed by atoms with van der Waals surface area (Å²) in [6.07, 6.45) is -0.577. The zero-order valence-corrected chi connectivity index (χ0v) is 13.9. The number of aliphatic hydroxyl groups excluding tert-OH is 1. The molecule has 6 heteroatoms. The Morgan fingerprint density at radius 3 is 2.70 bits per heavy atom. The minimum absolute atomic E-state index is 0.193. The van der Waals surface area contributed by atoms with Crippen molar-refractivity contribution in [2.45, 2.75) is 38.7 Å². The number of aromatic nitrogens is 2. The third kappa shape index (κ3) is 3.42. The van der Waals surface area contributed by atoms with Gasteiger partial charge in [0.15, 0.2) is 0 Å². The Balaban J connectivity index is 2.25. The number of nitrogens with zero attached hydrogens (tertiary/aromatic N) is 2. The van der Waals surface area contributed by atoms with E-state index in [0.29, 0.717) is 14.9 Å². The molecule has 0 aliphatic heterocycles. The second-order valence-electron chi connectivity index (χ2n) is 5.69. The Kier molecular flexibility index (Phi) is 4.56. The maximum absolute atomic E-state index is 13.8. The molecule has 20 heavy (non-hydrogen) atoms. The smallest absolute Gasteiger partial charge is 0.127 e. The summed E-state index contributed by atoms with van der Waals surface area (Å²) in [6, 6.07) is 4.84. The molecule has 0 spiro atoms. The van der Waals surface area contributed by atoms with Gasteiger partial charge in [0.2, 0.25) is 0 Å². The average molecular weight is 359 g/mol. The zero-order chi connectivity index (χ0) is 14.9. The highest BCUT2D eigenvalue weighted by atomic mass is 79.9. The number of hydrogen-bond donors (Lipinski definition) is 1. The van der Waals surface area contributed by atoms with Crippen LogP contribution in [-0.2, 0) is 11.8 Å². The third-order valence-corrected chi connectivity index (χ3v) is 4.27. The van der Waals surface area contributed by atoms with Gasteiger partial charge in [-0.15, -0.1) is 5.10 Å². The quantitative estimate of drug-likeness (QED) is 0.901. The normalized spacial score (nSPS) is 13.5. The molecule has 2 aromatic rings. The standard InChI is InChI=1S/C14H16BrFN2OS/c1-14(2,3)13-12(20-18-17-13)11(19)6-8-4-5-9(15)7-10(8)16/h4-5,7,11,19H,6H2,1-3H3. The highest BCUT2D eigenvalue weighted by Gasteiger charge is 2.26. The second-order valence-corrected chi connectivity index (χ2v) is 7.39. The van der Waals surface area contributed by atoms with Gasteiger partial charge >= 0.3 is 0 Å². The van der Waals surface area contributed by atoms with Crippen LogP contribution in [0.2, 0.25) is 0 Å². The van der Waals surface area contributed by atoms with E-state index >= 15 is 0 Å². The van der Waals surface area contributed by atoms with Crippen molar-refractivity contribution < 1.29 is 9.50 Å². The Morgan fingerprint density at radius 2 is 2.10 bits per heavy atom. The molecule has 0 saturated carbocycles. The van der Waals surface area contributed by atoms with E-state index in [2.05, 4.69) is 25.5 Å². The van der Waals surface area contributed by atoms with Crippen LogP contribution in [0, 0.1) is 5.82 Å². The zero-order valence-electron chi connectivity index (χ0n) is 11.5. The number of rotatable bonds is 3. The fourth-order valence-corrected chi connectivity index (χ4v) is 3.11. The molecule has 0 amide bonds. The van der Waals surface area contributed by atoms with Crippen LogP contribution in [0.4, 0.5) is 4.39 Å². The van der Waals surface area contributed by atoms with Crippen LogP contribution in [0.1, 0.15) is 43.0 Å². The van der Waals surface area contributed by atoms with Gasteiger partial charge in [0.1, 0.15) is 5.82 Å². The lowest BCUT2D eigenvalue weighted by atomic mass is 9.89. The van der Waals surface area contributed by atoms with Crippen LogP contribution in [0.3, 0.4) is 0 Å². The predicted octanol–water partition coefficient (Wildman–Crippen LogP) is 4.01. The lowest BCUT2D eigenvalue weighted by Gasteiger charge is -2.19. The van der Waals surface area contributed by atoms with Gasteiger partial charge in [-0.25, -0.2) is 4.39 Å². The lowest BCUT2D eigenvalue weighted by Crippen LogP contribution is -2.16. The summed E-state index contributed by atoms with van der Waals surface area (Å²) in [5.41, 5.74) is 1.06. The topological polar surface area (TPSA) is 46.0 Å². The van der Waals surface area contributed by atoms with Gasteiger partial charge in [-0.05, 0) is 29.2 Å². The number of aliphatic hydroxyl groups is 1.